The smallest absolute Gasteiger partial charge is 0.251 e. The highest BCUT2D eigenvalue weighted by molar-refractivity contribution is 6.04. The van der Waals surface area contributed by atoms with Gasteiger partial charge in [0.2, 0.25) is 17.4 Å². The maximum absolute atomic E-state index is 13.0. The van der Waals surface area contributed by atoms with Gasteiger partial charge < -0.3 is 23.9 Å². The van der Waals surface area contributed by atoms with Crippen molar-refractivity contribution < 1.29 is 32.2 Å². The Balaban J connectivity index is 1.41. The molecule has 4 rings (SSSR count). The summed E-state index contributed by atoms with van der Waals surface area (Å²) in [6, 6.07) is -0.148. The number of nitrogens with one attached hydrogen (secondary N) is 1. The number of methoxy groups -OCH3 is 1. The summed E-state index contributed by atoms with van der Waals surface area (Å²) in [6.45, 7) is 4.12. The van der Waals surface area contributed by atoms with Gasteiger partial charge in [0.05, 0.1) is 26.3 Å². The van der Waals surface area contributed by atoms with Crippen LogP contribution in [-0.2, 0) is 25.5 Å². The quantitative estimate of drug-likeness (QED) is 0.633. The van der Waals surface area contributed by atoms with Crippen molar-refractivity contribution in [2.24, 2.45) is 10.9 Å². The van der Waals surface area contributed by atoms with Crippen LogP contribution in [-0.4, -0.2) is 49.1 Å². The number of hydrogen-bond acceptors (Lipinski definition) is 7. The lowest BCUT2D eigenvalue weighted by Crippen LogP contribution is -2.35. The van der Waals surface area contributed by atoms with Gasteiger partial charge in [-0.1, -0.05) is 0 Å². The van der Waals surface area contributed by atoms with Crippen molar-refractivity contribution in [1.29, 1.82) is 0 Å². The molecule has 178 valence electrons. The molecule has 0 spiro atoms. The number of fused-ring (bicyclic) bond motifs is 1. The molecule has 1 saturated carbocycles. The van der Waals surface area contributed by atoms with Crippen LogP contribution in [0.2, 0.25) is 0 Å². The minimum atomic E-state index is -2.54. The zero-order chi connectivity index (χ0) is 23.6. The molecule has 2 atom stereocenters. The summed E-state index contributed by atoms with van der Waals surface area (Å²) in [5.41, 5.74) is 2.52. The predicted octanol–water partition coefficient (Wildman–Crippen LogP) is 1.94. The normalized spacial score (nSPS) is 23.2. The van der Waals surface area contributed by atoms with Crippen LogP contribution < -0.4 is 16.3 Å². The van der Waals surface area contributed by atoms with Gasteiger partial charge in [-0.3, -0.25) is 4.79 Å². The van der Waals surface area contributed by atoms with Gasteiger partial charge in [-0.15, -0.1) is 0 Å². The van der Waals surface area contributed by atoms with Crippen molar-refractivity contribution in [1.82, 2.24) is 10.3 Å². The number of hydrogen-bond donors (Lipinski definition) is 1. The van der Waals surface area contributed by atoms with E-state index < -0.39 is 11.8 Å². The van der Waals surface area contributed by atoms with Gasteiger partial charge in [0.15, 0.2) is 16.9 Å². The van der Waals surface area contributed by atoms with Gasteiger partial charge in [-0.25, -0.2) is 18.8 Å². The fourth-order valence-electron chi connectivity index (χ4n) is 3.65. The van der Waals surface area contributed by atoms with Crippen molar-refractivity contribution in [3.63, 3.8) is 0 Å². The Hall–Kier alpha value is -3.17. The van der Waals surface area contributed by atoms with Crippen LogP contribution in [0, 0.1) is 5.92 Å². The van der Waals surface area contributed by atoms with E-state index in [1.807, 2.05) is 13.0 Å². The van der Waals surface area contributed by atoms with Crippen molar-refractivity contribution in [3.8, 4) is 0 Å². The number of oxazole rings is 1. The number of aromatic nitrogens is 1. The SMILES string of the molecule is COC1=CC(=c2nc3c(o2)=CC(OC[C@H](C)NC(C)=O)=NC3)CC=C1OCCC1CC1(F)F. The maximum atomic E-state index is 13.0. The van der Waals surface area contributed by atoms with Gasteiger partial charge >= 0.3 is 0 Å². The van der Waals surface area contributed by atoms with Crippen LogP contribution >= 0.6 is 0 Å². The second-order valence-corrected chi connectivity index (χ2v) is 8.35. The van der Waals surface area contributed by atoms with Crippen LogP contribution in [0.1, 0.15) is 38.8 Å². The van der Waals surface area contributed by atoms with Gasteiger partial charge in [0.1, 0.15) is 12.3 Å². The number of allylic oxidation sites excluding steroid dienone is 2. The molecular weight excluding hydrogens is 436 g/mol. The summed E-state index contributed by atoms with van der Waals surface area (Å²) in [5.74, 6) is -1.81. The Labute approximate surface area is 189 Å². The van der Waals surface area contributed by atoms with Crippen LogP contribution in [0.5, 0.6) is 0 Å². The molecule has 1 unspecified atom stereocenters. The van der Waals surface area contributed by atoms with E-state index in [4.69, 9.17) is 18.6 Å². The Morgan fingerprint density at radius 1 is 1.33 bits per heavy atom. The molecule has 1 aromatic rings. The zero-order valence-corrected chi connectivity index (χ0v) is 18.8. The number of nitrogens with zero attached hydrogens (tertiary/aromatic N) is 2. The molecule has 2 heterocycles. The minimum Gasteiger partial charge on any atom is -0.493 e. The van der Waals surface area contributed by atoms with Gasteiger partial charge in [0.25, 0.3) is 5.92 Å². The van der Waals surface area contributed by atoms with Gasteiger partial charge in [-0.05, 0) is 31.9 Å². The fourth-order valence-corrected chi connectivity index (χ4v) is 3.65. The van der Waals surface area contributed by atoms with Crippen LogP contribution in [0.3, 0.4) is 0 Å². The average molecular weight is 463 g/mol. The van der Waals surface area contributed by atoms with E-state index in [9.17, 15) is 13.6 Å². The van der Waals surface area contributed by atoms with E-state index >= 15 is 0 Å². The molecule has 1 N–H and O–H groups in total. The summed E-state index contributed by atoms with van der Waals surface area (Å²) in [7, 11) is 1.52. The molecule has 3 aliphatic rings. The van der Waals surface area contributed by atoms with Crippen LogP contribution in [0.4, 0.5) is 8.78 Å². The number of amides is 1. The second-order valence-electron chi connectivity index (χ2n) is 8.35. The third kappa shape index (κ3) is 5.61. The molecule has 0 radical (unpaired) electrons. The molecule has 8 nitrogen and oxygen atoms in total. The highest BCUT2D eigenvalue weighted by Gasteiger charge is 2.56. The summed E-state index contributed by atoms with van der Waals surface area (Å²) < 4.78 is 48.7. The lowest BCUT2D eigenvalue weighted by molar-refractivity contribution is -0.119. The first kappa shape index (κ1) is 23.0. The largest absolute Gasteiger partial charge is 0.493 e. The first-order chi connectivity index (χ1) is 15.7. The summed E-state index contributed by atoms with van der Waals surface area (Å²) in [5, 5.41) is 2.75. The van der Waals surface area contributed by atoms with E-state index in [0.717, 1.165) is 5.57 Å². The summed E-state index contributed by atoms with van der Waals surface area (Å²) in [6.07, 6.45) is 6.05. The van der Waals surface area contributed by atoms with E-state index in [0.29, 0.717) is 53.5 Å². The third-order valence-corrected chi connectivity index (χ3v) is 5.53. The number of halogens is 2. The fraction of sp³-hybridized carbons (Fsp3) is 0.522. The Bertz CT molecular complexity index is 1140. The highest BCUT2D eigenvalue weighted by Crippen LogP contribution is 2.50. The number of carbonyl (C=O) groups is 1. The molecule has 1 aromatic heterocycles. The van der Waals surface area contributed by atoms with E-state index in [2.05, 4.69) is 15.3 Å². The van der Waals surface area contributed by atoms with Crippen LogP contribution in [0.25, 0.3) is 11.6 Å². The summed E-state index contributed by atoms with van der Waals surface area (Å²) in [4.78, 5) is 20.0. The van der Waals surface area contributed by atoms with Gasteiger partial charge in [-0.2, -0.15) is 0 Å². The lowest BCUT2D eigenvalue weighted by Gasteiger charge is -2.16. The lowest BCUT2D eigenvalue weighted by atomic mass is 10.1. The molecular formula is C23H27F2N3O5. The van der Waals surface area contributed by atoms with E-state index in [-0.39, 0.29) is 31.6 Å². The number of carbonyl (C=O) groups excluding carboxylic acids is 1. The van der Waals surface area contributed by atoms with E-state index in [1.165, 1.54) is 14.0 Å². The van der Waals surface area contributed by atoms with Crippen molar-refractivity contribution >= 4 is 23.5 Å². The minimum absolute atomic E-state index is 0.0586. The molecule has 1 amide bonds. The topological polar surface area (TPSA) is 95.2 Å². The summed E-state index contributed by atoms with van der Waals surface area (Å²) >= 11 is 0. The Morgan fingerprint density at radius 2 is 2.12 bits per heavy atom. The molecule has 1 aliphatic heterocycles. The van der Waals surface area contributed by atoms with Crippen molar-refractivity contribution in [2.45, 2.75) is 51.6 Å². The molecule has 2 aliphatic carbocycles. The Kier molecular flexibility index (Phi) is 6.53. The molecule has 0 bridgehead atoms. The molecule has 1 fully saturated rings. The highest BCUT2D eigenvalue weighted by atomic mass is 19.3. The maximum Gasteiger partial charge on any atom is 0.251 e. The van der Waals surface area contributed by atoms with Crippen molar-refractivity contribution in [3.05, 3.63) is 40.3 Å². The number of aliphatic imine (C=N–C) groups is 1. The number of alkyl halides is 2. The molecule has 10 heteroatoms. The monoisotopic (exact) mass is 463 g/mol. The first-order valence-corrected chi connectivity index (χ1v) is 10.9. The van der Waals surface area contributed by atoms with E-state index in [1.54, 1.807) is 12.2 Å². The van der Waals surface area contributed by atoms with Crippen LogP contribution in [0.15, 0.2) is 33.1 Å². The average Bonchev–Trinajstić information content (AvgIpc) is 3.18. The number of rotatable bonds is 8. The molecule has 0 saturated heterocycles. The first-order valence-electron chi connectivity index (χ1n) is 10.9. The van der Waals surface area contributed by atoms with Gasteiger partial charge in [0, 0.05) is 30.9 Å². The molecule has 0 aromatic carbocycles. The predicted molar refractivity (Wildman–Crippen MR) is 115 cm³/mol. The second kappa shape index (κ2) is 9.36. The van der Waals surface area contributed by atoms with Crippen molar-refractivity contribution in [2.75, 3.05) is 20.3 Å². The third-order valence-electron chi connectivity index (χ3n) is 5.53. The number of ether oxygens (including phenoxy) is 3. The zero-order valence-electron chi connectivity index (χ0n) is 18.8. The Morgan fingerprint density at radius 3 is 2.82 bits per heavy atom. The molecule has 33 heavy (non-hydrogen) atoms. The standard InChI is InChI=1S/C23H27F2N3O5/c1-13(27-14(2)29)12-32-21-9-19-17(11-26-21)28-22(33-19)15-4-5-18(20(8-15)30-3)31-7-6-16-10-23(16,24)25/h5,8-9,13,16H,4,6-7,10-12H2,1-3H3,(H,27,29)/t13-,16?/m0/s1.